The second-order valence-electron chi connectivity index (χ2n) is 2.21. The van der Waals surface area contributed by atoms with Crippen molar-refractivity contribution in [1.82, 2.24) is 15.0 Å². The SMILES string of the molecule is COC(=O)CCSc1ncnc(Cl)n1. The van der Waals surface area contributed by atoms with Crippen LogP contribution in [-0.2, 0) is 9.53 Å². The van der Waals surface area contributed by atoms with Crippen LogP contribution in [0.2, 0.25) is 5.28 Å². The molecule has 0 saturated carbocycles. The average Bonchev–Trinajstić information content (AvgIpc) is 2.17. The summed E-state index contributed by atoms with van der Waals surface area (Å²) in [5.74, 6) is 0.310. The van der Waals surface area contributed by atoms with Crippen LogP contribution >= 0.6 is 23.4 Å². The molecule has 0 aliphatic carbocycles. The first kappa shape index (κ1) is 11.2. The van der Waals surface area contributed by atoms with E-state index < -0.39 is 0 Å². The van der Waals surface area contributed by atoms with E-state index in [1.165, 1.54) is 25.2 Å². The maximum absolute atomic E-state index is 10.8. The quantitative estimate of drug-likeness (QED) is 0.575. The van der Waals surface area contributed by atoms with Crippen LogP contribution in [0, 0.1) is 0 Å². The van der Waals surface area contributed by atoms with Gasteiger partial charge >= 0.3 is 5.97 Å². The normalized spacial score (nSPS) is 9.86. The lowest BCUT2D eigenvalue weighted by Crippen LogP contribution is -2.01. The molecule has 1 rings (SSSR count). The summed E-state index contributed by atoms with van der Waals surface area (Å²) >= 11 is 6.88. The van der Waals surface area contributed by atoms with Gasteiger partial charge in [-0.2, -0.15) is 4.98 Å². The van der Waals surface area contributed by atoms with E-state index in [9.17, 15) is 4.79 Å². The molecule has 0 radical (unpaired) electrons. The molecule has 1 heterocycles. The number of carbonyl (C=O) groups is 1. The Morgan fingerprint density at radius 1 is 1.64 bits per heavy atom. The Kier molecular flexibility index (Phi) is 4.61. The van der Waals surface area contributed by atoms with Gasteiger partial charge in [0.25, 0.3) is 0 Å². The van der Waals surface area contributed by atoms with Gasteiger partial charge in [-0.3, -0.25) is 4.79 Å². The largest absolute Gasteiger partial charge is 0.469 e. The molecule has 5 nitrogen and oxygen atoms in total. The summed E-state index contributed by atoms with van der Waals surface area (Å²) in [5, 5.41) is 0.662. The number of methoxy groups -OCH3 is 1. The highest BCUT2D eigenvalue weighted by atomic mass is 35.5. The highest BCUT2D eigenvalue weighted by Gasteiger charge is 2.03. The van der Waals surface area contributed by atoms with Gasteiger partial charge in [-0.05, 0) is 11.6 Å². The van der Waals surface area contributed by atoms with Gasteiger partial charge in [0, 0.05) is 5.75 Å². The second kappa shape index (κ2) is 5.77. The molecule has 0 aliphatic heterocycles. The number of halogens is 1. The molecule has 76 valence electrons. The van der Waals surface area contributed by atoms with Crippen LogP contribution in [0.1, 0.15) is 6.42 Å². The smallest absolute Gasteiger partial charge is 0.306 e. The summed E-state index contributed by atoms with van der Waals surface area (Å²) in [4.78, 5) is 22.1. The van der Waals surface area contributed by atoms with Crippen LogP contribution in [0.3, 0.4) is 0 Å². The molecule has 14 heavy (non-hydrogen) atoms. The lowest BCUT2D eigenvalue weighted by atomic mass is 10.5. The van der Waals surface area contributed by atoms with Gasteiger partial charge in [-0.15, -0.1) is 0 Å². The minimum absolute atomic E-state index is 0.153. The van der Waals surface area contributed by atoms with Crippen molar-refractivity contribution in [3.8, 4) is 0 Å². The van der Waals surface area contributed by atoms with E-state index in [4.69, 9.17) is 11.6 Å². The van der Waals surface area contributed by atoms with Crippen molar-refractivity contribution in [2.75, 3.05) is 12.9 Å². The Bertz CT molecular complexity index is 324. The standard InChI is InChI=1S/C7H8ClN3O2S/c1-13-5(12)2-3-14-7-10-4-9-6(8)11-7/h4H,2-3H2,1H3. The lowest BCUT2D eigenvalue weighted by Gasteiger charge is -1.98. The van der Waals surface area contributed by atoms with Crippen molar-refractivity contribution in [1.29, 1.82) is 0 Å². The predicted octanol–water partition coefficient (Wildman–Crippen LogP) is 1.18. The number of hydrogen-bond donors (Lipinski definition) is 0. The van der Waals surface area contributed by atoms with Crippen molar-refractivity contribution >= 4 is 29.3 Å². The highest BCUT2D eigenvalue weighted by molar-refractivity contribution is 7.99. The minimum Gasteiger partial charge on any atom is -0.469 e. The topological polar surface area (TPSA) is 65.0 Å². The fourth-order valence-corrected chi connectivity index (χ4v) is 1.56. The Morgan fingerprint density at radius 2 is 2.43 bits per heavy atom. The van der Waals surface area contributed by atoms with Crippen LogP contribution in [0.25, 0.3) is 0 Å². The first-order valence-corrected chi connectivity index (χ1v) is 5.13. The molecule has 0 N–H and O–H groups in total. The molecule has 0 bridgehead atoms. The molecular weight excluding hydrogens is 226 g/mol. The minimum atomic E-state index is -0.252. The molecule has 0 amide bonds. The molecular formula is C7H8ClN3O2S. The third kappa shape index (κ3) is 3.89. The Hall–Kier alpha value is -0.880. The van der Waals surface area contributed by atoms with E-state index in [2.05, 4.69) is 19.7 Å². The van der Waals surface area contributed by atoms with E-state index in [1.54, 1.807) is 0 Å². The first-order valence-electron chi connectivity index (χ1n) is 3.76. The summed E-state index contributed by atoms with van der Waals surface area (Å²) in [5.41, 5.74) is 0. The number of rotatable bonds is 4. The van der Waals surface area contributed by atoms with Crippen LogP contribution in [0.4, 0.5) is 0 Å². The third-order valence-electron chi connectivity index (χ3n) is 1.29. The van der Waals surface area contributed by atoms with Gasteiger partial charge < -0.3 is 4.74 Å². The van der Waals surface area contributed by atoms with Gasteiger partial charge in [0.1, 0.15) is 6.33 Å². The maximum Gasteiger partial charge on any atom is 0.306 e. The van der Waals surface area contributed by atoms with E-state index in [0.717, 1.165) is 0 Å². The highest BCUT2D eigenvalue weighted by Crippen LogP contribution is 2.14. The van der Waals surface area contributed by atoms with E-state index >= 15 is 0 Å². The summed E-state index contributed by atoms with van der Waals surface area (Å²) in [6.45, 7) is 0. The van der Waals surface area contributed by atoms with Gasteiger partial charge in [-0.1, -0.05) is 11.8 Å². The van der Waals surface area contributed by atoms with Crippen LogP contribution in [-0.4, -0.2) is 33.8 Å². The molecule has 0 saturated heterocycles. The molecule has 0 aromatic carbocycles. The zero-order valence-corrected chi connectivity index (χ0v) is 9.01. The van der Waals surface area contributed by atoms with E-state index in [1.807, 2.05) is 0 Å². The van der Waals surface area contributed by atoms with Crippen molar-refractivity contribution in [2.45, 2.75) is 11.6 Å². The van der Waals surface area contributed by atoms with E-state index in [0.29, 0.717) is 17.3 Å². The van der Waals surface area contributed by atoms with Crippen molar-refractivity contribution in [3.05, 3.63) is 11.6 Å². The summed E-state index contributed by atoms with van der Waals surface area (Å²) in [6, 6.07) is 0. The second-order valence-corrected chi connectivity index (χ2v) is 3.61. The molecule has 0 atom stereocenters. The fraction of sp³-hybridized carbons (Fsp3) is 0.429. The summed E-state index contributed by atoms with van der Waals surface area (Å²) in [6.07, 6.45) is 1.65. The van der Waals surface area contributed by atoms with Gasteiger partial charge in [-0.25, -0.2) is 9.97 Å². The Balaban J connectivity index is 2.35. The van der Waals surface area contributed by atoms with Crippen molar-refractivity contribution in [3.63, 3.8) is 0 Å². The molecule has 0 aliphatic rings. The van der Waals surface area contributed by atoms with Crippen LogP contribution in [0.5, 0.6) is 0 Å². The number of thioether (sulfide) groups is 1. The molecule has 0 spiro atoms. The van der Waals surface area contributed by atoms with Crippen molar-refractivity contribution < 1.29 is 9.53 Å². The first-order chi connectivity index (χ1) is 6.72. The monoisotopic (exact) mass is 233 g/mol. The molecule has 1 aromatic heterocycles. The molecule has 0 fully saturated rings. The van der Waals surface area contributed by atoms with Crippen LogP contribution < -0.4 is 0 Å². The molecule has 0 unspecified atom stereocenters. The summed E-state index contributed by atoms with van der Waals surface area (Å²) < 4.78 is 4.48. The van der Waals surface area contributed by atoms with E-state index in [-0.39, 0.29) is 11.3 Å². The molecule has 1 aromatic rings. The van der Waals surface area contributed by atoms with Gasteiger partial charge in [0.2, 0.25) is 5.28 Å². The summed E-state index contributed by atoms with van der Waals surface area (Å²) in [7, 11) is 1.35. The van der Waals surface area contributed by atoms with Gasteiger partial charge in [0.15, 0.2) is 5.16 Å². The average molecular weight is 234 g/mol. The lowest BCUT2D eigenvalue weighted by molar-refractivity contribution is -0.140. The number of nitrogens with zero attached hydrogens (tertiary/aromatic N) is 3. The van der Waals surface area contributed by atoms with Gasteiger partial charge in [0.05, 0.1) is 13.5 Å². The predicted molar refractivity (Wildman–Crippen MR) is 52.2 cm³/mol. The molecule has 7 heteroatoms. The fourth-order valence-electron chi connectivity index (χ4n) is 0.660. The van der Waals surface area contributed by atoms with Crippen molar-refractivity contribution in [2.24, 2.45) is 0 Å². The number of carbonyl (C=O) groups excluding carboxylic acids is 1. The Morgan fingerprint density at radius 3 is 3.07 bits per heavy atom. The zero-order valence-electron chi connectivity index (χ0n) is 7.44. The number of hydrogen-bond acceptors (Lipinski definition) is 6. The number of esters is 1. The zero-order chi connectivity index (χ0) is 10.4. The number of aromatic nitrogens is 3. The number of ether oxygens (including phenoxy) is 1. The Labute approximate surface area is 90.3 Å². The third-order valence-corrected chi connectivity index (χ3v) is 2.33. The maximum atomic E-state index is 10.8. The van der Waals surface area contributed by atoms with Crippen LogP contribution in [0.15, 0.2) is 11.5 Å².